The Hall–Kier alpha value is -8.00. The van der Waals surface area contributed by atoms with Crippen LogP contribution in [0.15, 0.2) is 255 Å². The van der Waals surface area contributed by atoms with Gasteiger partial charge in [0.05, 0.1) is 11.1 Å². The number of hydrogen-bond donors (Lipinski definition) is 0. The highest BCUT2D eigenvalue weighted by molar-refractivity contribution is 5.96. The van der Waals surface area contributed by atoms with Gasteiger partial charge in [0.15, 0.2) is 0 Å². The fourth-order valence-electron chi connectivity index (χ4n) is 11.1. The third kappa shape index (κ3) is 5.71. The topological polar surface area (TPSA) is 3.24 Å². The highest BCUT2D eigenvalue weighted by atomic mass is 15.1. The smallest absolute Gasteiger partial charge is 0.0713 e. The number of fused-ring (bicyclic) bond motifs is 6. The van der Waals surface area contributed by atoms with E-state index >= 15 is 0 Å². The van der Waals surface area contributed by atoms with Crippen LogP contribution in [0.4, 0.5) is 17.1 Å². The molecule has 0 N–H and O–H groups in total. The zero-order valence-corrected chi connectivity index (χ0v) is 35.7. The van der Waals surface area contributed by atoms with Gasteiger partial charge in [0.25, 0.3) is 0 Å². The van der Waals surface area contributed by atoms with Crippen LogP contribution >= 0.6 is 0 Å². The average molecular weight is 816 g/mol. The molecule has 0 saturated heterocycles. The number of hydrogen-bond acceptors (Lipinski definition) is 1. The van der Waals surface area contributed by atoms with Gasteiger partial charge in [-0.25, -0.2) is 0 Å². The molecule has 1 heteroatoms. The van der Waals surface area contributed by atoms with Gasteiger partial charge in [0.1, 0.15) is 0 Å². The van der Waals surface area contributed by atoms with Gasteiger partial charge in [0.2, 0.25) is 0 Å². The van der Waals surface area contributed by atoms with Gasteiger partial charge in [-0.15, -0.1) is 0 Å². The Morgan fingerprint density at radius 3 is 1.34 bits per heavy atom. The van der Waals surface area contributed by atoms with Crippen LogP contribution in [0, 0.1) is 0 Å². The summed E-state index contributed by atoms with van der Waals surface area (Å²) in [7, 11) is 0. The predicted molar refractivity (Wildman–Crippen MR) is 267 cm³/mol. The minimum atomic E-state index is -0.453. The number of anilines is 3. The summed E-state index contributed by atoms with van der Waals surface area (Å²) in [5, 5.41) is 0. The highest BCUT2D eigenvalue weighted by Gasteiger charge is 2.46. The van der Waals surface area contributed by atoms with Crippen LogP contribution in [-0.4, -0.2) is 0 Å². The zero-order chi connectivity index (χ0) is 42.7. The Bertz CT molecular complexity index is 3260. The second-order valence-corrected chi connectivity index (χ2v) is 17.3. The lowest BCUT2D eigenvalue weighted by Gasteiger charge is -2.34. The molecule has 0 bridgehead atoms. The molecule has 0 fully saturated rings. The molecule has 10 aromatic carbocycles. The molecule has 0 aromatic heterocycles. The van der Waals surface area contributed by atoms with Gasteiger partial charge < -0.3 is 4.90 Å². The molecular weight excluding hydrogens is 771 g/mol. The van der Waals surface area contributed by atoms with E-state index in [4.69, 9.17) is 0 Å². The third-order valence-corrected chi connectivity index (χ3v) is 14.1. The van der Waals surface area contributed by atoms with Gasteiger partial charge >= 0.3 is 0 Å². The number of rotatable bonds is 8. The van der Waals surface area contributed by atoms with E-state index in [0.29, 0.717) is 0 Å². The van der Waals surface area contributed by atoms with Crippen LogP contribution in [-0.2, 0) is 10.8 Å². The SMILES string of the molecule is CC1(c2ccccc2)c2ccccc2-c2c(N(c3ccc(-c4ccccc4)cc3)c3ccc(-c4ccc5c(c4)C(c4ccccc4)(c4ccccc4)c4ccccc4-5)cc3)cccc21. The van der Waals surface area contributed by atoms with E-state index in [2.05, 4.69) is 267 Å². The maximum absolute atomic E-state index is 2.46. The maximum atomic E-state index is 2.46. The van der Waals surface area contributed by atoms with Crippen molar-refractivity contribution in [2.75, 3.05) is 4.90 Å². The molecule has 0 saturated carbocycles. The lowest BCUT2D eigenvalue weighted by atomic mass is 9.67. The summed E-state index contributed by atoms with van der Waals surface area (Å²) in [6, 6.07) is 94.0. The van der Waals surface area contributed by atoms with E-state index in [9.17, 15) is 0 Å². The van der Waals surface area contributed by atoms with Gasteiger partial charge in [0, 0.05) is 22.4 Å². The van der Waals surface area contributed by atoms with E-state index in [1.165, 1.54) is 83.5 Å². The normalized spacial score (nSPS) is 15.1. The second-order valence-electron chi connectivity index (χ2n) is 17.3. The first-order valence-electron chi connectivity index (χ1n) is 22.3. The first kappa shape index (κ1) is 37.7. The van der Waals surface area contributed by atoms with Gasteiger partial charge in [-0.1, -0.05) is 218 Å². The molecule has 0 heterocycles. The second kappa shape index (κ2) is 15.1. The molecule has 0 amide bonds. The molecule has 12 rings (SSSR count). The first-order valence-corrected chi connectivity index (χ1v) is 22.3. The monoisotopic (exact) mass is 815 g/mol. The largest absolute Gasteiger partial charge is 0.310 e. The molecule has 0 spiro atoms. The molecule has 302 valence electrons. The minimum Gasteiger partial charge on any atom is -0.310 e. The lowest BCUT2D eigenvalue weighted by molar-refractivity contribution is 0.714. The number of nitrogens with zero attached hydrogens (tertiary/aromatic N) is 1. The fraction of sp³-hybridized carbons (Fsp3) is 0.0476. The molecule has 1 nitrogen and oxygen atoms in total. The summed E-state index contributed by atoms with van der Waals surface area (Å²) >= 11 is 0. The van der Waals surface area contributed by atoms with Crippen LogP contribution in [0.5, 0.6) is 0 Å². The minimum absolute atomic E-state index is 0.308. The van der Waals surface area contributed by atoms with Gasteiger partial charge in [-0.2, -0.15) is 0 Å². The predicted octanol–water partition coefficient (Wildman–Crippen LogP) is 16.2. The lowest BCUT2D eigenvalue weighted by Crippen LogP contribution is -2.28. The molecule has 64 heavy (non-hydrogen) atoms. The molecule has 1 unspecified atom stereocenters. The van der Waals surface area contributed by atoms with E-state index in [-0.39, 0.29) is 5.41 Å². The van der Waals surface area contributed by atoms with Crippen molar-refractivity contribution in [1.29, 1.82) is 0 Å². The molecule has 2 aliphatic carbocycles. The summed E-state index contributed by atoms with van der Waals surface area (Å²) in [5.41, 5.74) is 21.7. The highest BCUT2D eigenvalue weighted by Crippen LogP contribution is 2.58. The van der Waals surface area contributed by atoms with Crippen LogP contribution in [0.2, 0.25) is 0 Å². The molecule has 2 aliphatic rings. The van der Waals surface area contributed by atoms with Crippen molar-refractivity contribution in [3.63, 3.8) is 0 Å². The summed E-state index contributed by atoms with van der Waals surface area (Å²) in [4.78, 5) is 2.46. The average Bonchev–Trinajstić information content (AvgIpc) is 3.83. The van der Waals surface area contributed by atoms with E-state index in [0.717, 1.165) is 17.1 Å². The molecular formula is C63H45N. The molecule has 10 aromatic rings. The van der Waals surface area contributed by atoms with Crippen molar-refractivity contribution >= 4 is 17.1 Å². The van der Waals surface area contributed by atoms with E-state index in [1.807, 2.05) is 0 Å². The van der Waals surface area contributed by atoms with Crippen molar-refractivity contribution in [2.45, 2.75) is 17.8 Å². The number of benzene rings is 10. The molecule has 0 radical (unpaired) electrons. The van der Waals surface area contributed by atoms with Crippen LogP contribution in [0.25, 0.3) is 44.5 Å². The van der Waals surface area contributed by atoms with Crippen LogP contribution in [0.1, 0.15) is 45.9 Å². The van der Waals surface area contributed by atoms with Crippen molar-refractivity contribution in [1.82, 2.24) is 0 Å². The zero-order valence-electron chi connectivity index (χ0n) is 35.7. The summed E-state index contributed by atoms with van der Waals surface area (Å²) < 4.78 is 0. The van der Waals surface area contributed by atoms with Gasteiger partial charge in [-0.3, -0.25) is 0 Å². The van der Waals surface area contributed by atoms with Crippen LogP contribution in [0.3, 0.4) is 0 Å². The van der Waals surface area contributed by atoms with Crippen molar-refractivity contribution in [3.8, 4) is 44.5 Å². The third-order valence-electron chi connectivity index (χ3n) is 14.1. The molecule has 0 aliphatic heterocycles. The Kier molecular flexibility index (Phi) is 8.91. The maximum Gasteiger partial charge on any atom is 0.0713 e. The van der Waals surface area contributed by atoms with Crippen molar-refractivity contribution in [2.24, 2.45) is 0 Å². The Morgan fingerprint density at radius 1 is 0.297 bits per heavy atom. The van der Waals surface area contributed by atoms with Gasteiger partial charge in [-0.05, 0) is 121 Å². The van der Waals surface area contributed by atoms with E-state index < -0.39 is 5.41 Å². The Labute approximate surface area is 376 Å². The fourth-order valence-corrected chi connectivity index (χ4v) is 11.1. The summed E-state index contributed by atoms with van der Waals surface area (Å²) in [6.45, 7) is 2.39. The quantitative estimate of drug-likeness (QED) is 0.148. The molecule has 1 atom stereocenters. The Morgan fingerprint density at radius 2 is 0.734 bits per heavy atom. The first-order chi connectivity index (χ1) is 31.6. The van der Waals surface area contributed by atoms with E-state index in [1.54, 1.807) is 0 Å². The van der Waals surface area contributed by atoms with Crippen LogP contribution < -0.4 is 4.90 Å². The summed E-state index contributed by atoms with van der Waals surface area (Å²) in [6.07, 6.45) is 0. The Balaban J connectivity index is 1.02. The standard InChI is InChI=1S/C63H45N/c1-62(48-21-8-3-9-22-48)56-29-16-15-28-55(56)61-58(62)31-18-32-60(61)64(51-38-33-45(34-39-51)44-19-6-2-7-20-44)52-40-35-46(36-41-52)47-37-42-54-53-27-14-17-30-57(53)63(59(54)43-47,49-23-10-4-11-24-49)50-25-12-5-13-26-50/h2-43H,1H3. The van der Waals surface area contributed by atoms with Crippen molar-refractivity contribution < 1.29 is 0 Å². The summed E-state index contributed by atoms with van der Waals surface area (Å²) in [5.74, 6) is 0. The van der Waals surface area contributed by atoms with Crippen molar-refractivity contribution in [3.05, 3.63) is 294 Å².